The van der Waals surface area contributed by atoms with Crippen LogP contribution in [0.15, 0.2) is 18.3 Å². The number of piperidine rings is 1. The van der Waals surface area contributed by atoms with Crippen molar-refractivity contribution in [2.45, 2.75) is 19.0 Å². The van der Waals surface area contributed by atoms with Crippen molar-refractivity contribution in [3.63, 3.8) is 0 Å². The first-order valence-electron chi connectivity index (χ1n) is 7.60. The summed E-state index contributed by atoms with van der Waals surface area (Å²) in [6, 6.07) is 1.98. The van der Waals surface area contributed by atoms with E-state index in [2.05, 4.69) is 4.98 Å². The Balaban J connectivity index is 2.16. The Labute approximate surface area is 142 Å². The van der Waals surface area contributed by atoms with E-state index in [1.165, 1.54) is 22.9 Å². The van der Waals surface area contributed by atoms with E-state index < -0.39 is 23.4 Å². The van der Waals surface area contributed by atoms with E-state index in [4.69, 9.17) is 10.8 Å². The number of pyridine rings is 1. The van der Waals surface area contributed by atoms with Crippen molar-refractivity contribution in [3.05, 3.63) is 24.0 Å². The minimum Gasteiger partial charge on any atom is -0.465 e. The molecule has 1 saturated heterocycles. The van der Waals surface area contributed by atoms with Crippen molar-refractivity contribution in [2.75, 3.05) is 31.6 Å². The van der Waals surface area contributed by atoms with Gasteiger partial charge < -0.3 is 20.6 Å². The highest BCUT2D eigenvalue weighted by Gasteiger charge is 2.43. The molecule has 1 aromatic heterocycles. The lowest BCUT2D eigenvalue weighted by molar-refractivity contribution is -0.141. The number of halogens is 3. The minimum atomic E-state index is -4.55. The Morgan fingerprint density at radius 3 is 2.36 bits per heavy atom. The van der Waals surface area contributed by atoms with E-state index in [1.807, 2.05) is 0 Å². The zero-order chi connectivity index (χ0) is 18.8. The fourth-order valence-electron chi connectivity index (χ4n) is 2.86. The molecule has 0 radical (unpaired) electrons. The van der Waals surface area contributed by atoms with Gasteiger partial charge in [-0.2, -0.15) is 13.2 Å². The van der Waals surface area contributed by atoms with E-state index in [9.17, 15) is 22.8 Å². The highest BCUT2D eigenvalue weighted by atomic mass is 19.4. The van der Waals surface area contributed by atoms with Gasteiger partial charge in [-0.15, -0.1) is 0 Å². The van der Waals surface area contributed by atoms with Gasteiger partial charge in [-0.05, 0) is 25.0 Å². The number of hydrogen-bond acceptors (Lipinski definition) is 4. The number of carbonyl (C=O) groups excluding carboxylic acids is 1. The number of rotatable bonds is 3. The van der Waals surface area contributed by atoms with Gasteiger partial charge in [0.25, 0.3) is 0 Å². The molecular formula is C15H19F3N4O3. The normalized spacial score (nSPS) is 17.2. The zero-order valence-electron chi connectivity index (χ0n) is 13.6. The van der Waals surface area contributed by atoms with Crippen LogP contribution < -0.4 is 10.6 Å². The summed E-state index contributed by atoms with van der Waals surface area (Å²) in [4.78, 5) is 29.6. The first-order valence-corrected chi connectivity index (χ1v) is 7.60. The van der Waals surface area contributed by atoms with Crippen LogP contribution in [-0.2, 0) is 11.0 Å². The lowest BCUT2D eigenvalue weighted by atomic mass is 9.77. The highest BCUT2D eigenvalue weighted by molar-refractivity contribution is 5.97. The first kappa shape index (κ1) is 19.0. The molecule has 0 saturated carbocycles. The summed E-state index contributed by atoms with van der Waals surface area (Å²) in [5.41, 5.74) is 4.01. The van der Waals surface area contributed by atoms with Gasteiger partial charge in [0.2, 0.25) is 5.91 Å². The molecule has 138 valence electrons. The molecule has 25 heavy (non-hydrogen) atoms. The van der Waals surface area contributed by atoms with Gasteiger partial charge in [0.05, 0.1) is 17.3 Å². The molecule has 0 unspecified atom stereocenters. The van der Waals surface area contributed by atoms with Crippen molar-refractivity contribution in [3.8, 4) is 0 Å². The molecule has 0 aliphatic carbocycles. The molecule has 0 atom stereocenters. The predicted molar refractivity (Wildman–Crippen MR) is 83.0 cm³/mol. The number of carbonyl (C=O) groups is 2. The molecule has 1 fully saturated rings. The van der Waals surface area contributed by atoms with Crippen molar-refractivity contribution >= 4 is 17.7 Å². The number of aromatic nitrogens is 1. The van der Waals surface area contributed by atoms with Crippen LogP contribution in [0.25, 0.3) is 0 Å². The maximum atomic E-state index is 12.8. The van der Waals surface area contributed by atoms with Crippen molar-refractivity contribution in [2.24, 2.45) is 11.1 Å². The summed E-state index contributed by atoms with van der Waals surface area (Å²) in [6.45, 7) is 0.381. The van der Waals surface area contributed by atoms with E-state index in [-0.39, 0.29) is 44.1 Å². The summed E-state index contributed by atoms with van der Waals surface area (Å²) in [7, 11) is 1.44. The molecule has 2 rings (SSSR count). The molecule has 1 aliphatic rings. The molecule has 1 aromatic rings. The lowest BCUT2D eigenvalue weighted by Crippen LogP contribution is -2.53. The molecule has 2 heterocycles. The Bertz CT molecular complexity index is 640. The minimum absolute atomic E-state index is 0.0255. The fourth-order valence-corrected chi connectivity index (χ4v) is 2.86. The quantitative estimate of drug-likeness (QED) is 0.856. The van der Waals surface area contributed by atoms with Crippen LogP contribution >= 0.6 is 0 Å². The number of hydrogen-bond donors (Lipinski definition) is 2. The monoisotopic (exact) mass is 360 g/mol. The summed E-state index contributed by atoms with van der Waals surface area (Å²) in [6.07, 6.45) is -4.11. The van der Waals surface area contributed by atoms with Crippen LogP contribution in [-0.4, -0.2) is 53.7 Å². The van der Waals surface area contributed by atoms with Crippen LogP contribution in [0, 0.1) is 5.41 Å². The summed E-state index contributed by atoms with van der Waals surface area (Å²) < 4.78 is 37.7. The zero-order valence-corrected chi connectivity index (χ0v) is 13.6. The molecule has 10 heteroatoms. The largest absolute Gasteiger partial charge is 0.465 e. The van der Waals surface area contributed by atoms with Gasteiger partial charge in [-0.1, -0.05) is 0 Å². The number of anilines is 1. The van der Waals surface area contributed by atoms with Gasteiger partial charge >= 0.3 is 12.3 Å². The molecule has 7 nitrogen and oxygen atoms in total. The number of nitrogens with two attached hydrogens (primary N) is 1. The third kappa shape index (κ3) is 3.84. The third-order valence-corrected chi connectivity index (χ3v) is 4.57. The van der Waals surface area contributed by atoms with Crippen molar-refractivity contribution in [1.82, 2.24) is 9.88 Å². The number of likely N-dealkylation sites (tertiary alicyclic amines) is 1. The van der Waals surface area contributed by atoms with E-state index in [0.717, 1.165) is 12.3 Å². The Kier molecular flexibility index (Phi) is 5.21. The Morgan fingerprint density at radius 1 is 1.36 bits per heavy atom. The van der Waals surface area contributed by atoms with Gasteiger partial charge in [-0.25, -0.2) is 9.78 Å². The van der Waals surface area contributed by atoms with E-state index in [0.29, 0.717) is 0 Å². The molecule has 0 aromatic carbocycles. The standard InChI is InChI=1S/C15H19F3N4O3/c1-21(10-2-3-11(20-8-10)15(16,17)18)12(23)14(9-19)4-6-22(7-5-14)13(24)25/h2-3,8H,4-7,9,19H2,1H3,(H,24,25). The average molecular weight is 360 g/mol. The molecule has 0 spiro atoms. The van der Waals surface area contributed by atoms with Gasteiger partial charge in [0, 0.05) is 26.7 Å². The second-order valence-corrected chi connectivity index (χ2v) is 6.02. The molecule has 0 bridgehead atoms. The number of carboxylic acid groups (broad SMARTS) is 1. The highest BCUT2D eigenvalue weighted by Crippen LogP contribution is 2.34. The van der Waals surface area contributed by atoms with Gasteiger partial charge in [0.1, 0.15) is 5.69 Å². The van der Waals surface area contributed by atoms with Crippen LogP contribution in [0.4, 0.5) is 23.7 Å². The first-order chi connectivity index (χ1) is 11.6. The second kappa shape index (κ2) is 6.87. The summed E-state index contributed by atoms with van der Waals surface area (Å²) in [5, 5.41) is 9.00. The molecule has 3 N–H and O–H groups in total. The lowest BCUT2D eigenvalue weighted by Gasteiger charge is -2.40. The number of nitrogens with zero attached hydrogens (tertiary/aromatic N) is 3. The third-order valence-electron chi connectivity index (χ3n) is 4.57. The van der Waals surface area contributed by atoms with Crippen LogP contribution in [0.3, 0.4) is 0 Å². The van der Waals surface area contributed by atoms with Crippen LogP contribution in [0.5, 0.6) is 0 Å². The SMILES string of the molecule is CN(C(=O)C1(CN)CCN(C(=O)O)CC1)c1ccc(C(F)(F)F)nc1. The van der Waals surface area contributed by atoms with Crippen LogP contribution in [0.1, 0.15) is 18.5 Å². The van der Waals surface area contributed by atoms with Gasteiger partial charge in [0.15, 0.2) is 0 Å². The topological polar surface area (TPSA) is 99.8 Å². The summed E-state index contributed by atoms with van der Waals surface area (Å²) in [5.74, 6) is -0.360. The maximum absolute atomic E-state index is 12.8. The molecule has 1 aliphatic heterocycles. The average Bonchev–Trinajstić information content (AvgIpc) is 2.59. The number of amides is 2. The predicted octanol–water partition coefficient (Wildman–Crippen LogP) is 1.78. The summed E-state index contributed by atoms with van der Waals surface area (Å²) >= 11 is 0. The Morgan fingerprint density at radius 2 is 1.96 bits per heavy atom. The molecule has 2 amide bonds. The van der Waals surface area contributed by atoms with Crippen LogP contribution in [0.2, 0.25) is 0 Å². The molecular weight excluding hydrogens is 341 g/mol. The maximum Gasteiger partial charge on any atom is 0.433 e. The van der Waals surface area contributed by atoms with Crippen molar-refractivity contribution < 1.29 is 27.9 Å². The van der Waals surface area contributed by atoms with E-state index >= 15 is 0 Å². The fraction of sp³-hybridized carbons (Fsp3) is 0.533. The van der Waals surface area contributed by atoms with Crippen molar-refractivity contribution in [1.29, 1.82) is 0 Å². The smallest absolute Gasteiger partial charge is 0.433 e. The van der Waals surface area contributed by atoms with Gasteiger partial charge in [-0.3, -0.25) is 4.79 Å². The number of alkyl halides is 3. The second-order valence-electron chi connectivity index (χ2n) is 6.02. The van der Waals surface area contributed by atoms with E-state index in [1.54, 1.807) is 0 Å². The Hall–Kier alpha value is -2.36.